The van der Waals surface area contributed by atoms with Crippen LogP contribution in [0, 0.1) is 5.41 Å². The highest BCUT2D eigenvalue weighted by Crippen LogP contribution is 2.51. The molecule has 1 saturated carbocycles. The van der Waals surface area contributed by atoms with Crippen LogP contribution in [0.2, 0.25) is 0 Å². The van der Waals surface area contributed by atoms with Crippen molar-refractivity contribution in [2.75, 3.05) is 23.7 Å². The third-order valence-corrected chi connectivity index (χ3v) is 7.29. The Labute approximate surface area is 181 Å². The van der Waals surface area contributed by atoms with Crippen molar-refractivity contribution in [3.05, 3.63) is 30.2 Å². The summed E-state index contributed by atoms with van der Waals surface area (Å²) in [7, 11) is 0. The second-order valence-corrected chi connectivity index (χ2v) is 9.65. The van der Waals surface area contributed by atoms with Crippen LogP contribution in [0.25, 0.3) is 0 Å². The summed E-state index contributed by atoms with van der Waals surface area (Å²) < 4.78 is 54.0. The number of pyridine rings is 1. The molecule has 4 rings (SSSR count). The molecule has 1 spiro atoms. The summed E-state index contributed by atoms with van der Waals surface area (Å²) in [6.07, 6.45) is 0.355. The topological polar surface area (TPSA) is 94.0 Å². The zero-order chi connectivity index (χ0) is 22.4. The fraction of sp³-hybridized carbons (Fsp3) is 0.550. The first-order valence-electron chi connectivity index (χ1n) is 10.0. The van der Waals surface area contributed by atoms with Crippen LogP contribution in [0.1, 0.15) is 38.3 Å². The normalized spacial score (nSPS) is 25.9. The lowest BCUT2D eigenvalue weighted by molar-refractivity contribution is -0.143. The molecule has 0 radical (unpaired) electrons. The number of piperidine rings is 1. The first kappa shape index (κ1) is 22.1. The Bertz CT molecular complexity index is 959. The van der Waals surface area contributed by atoms with Crippen LogP contribution in [0.3, 0.4) is 0 Å². The van der Waals surface area contributed by atoms with Crippen LogP contribution in [0.5, 0.6) is 0 Å². The third-order valence-electron chi connectivity index (χ3n) is 6.23. The molecule has 0 amide bonds. The van der Waals surface area contributed by atoms with E-state index < -0.39 is 17.5 Å². The molecule has 31 heavy (non-hydrogen) atoms. The van der Waals surface area contributed by atoms with Gasteiger partial charge in [0, 0.05) is 30.2 Å². The molecule has 3 heterocycles. The number of halogens is 4. The zero-order valence-corrected chi connectivity index (χ0v) is 17.8. The third kappa shape index (κ3) is 4.43. The Morgan fingerprint density at radius 1 is 1.23 bits per heavy atom. The summed E-state index contributed by atoms with van der Waals surface area (Å²) in [5, 5.41) is 0.182. The minimum Gasteiger partial charge on any atom is -0.381 e. The molecular formula is C20H24F4N6S. The van der Waals surface area contributed by atoms with E-state index in [1.807, 2.05) is 4.90 Å². The number of nitrogen functional groups attached to an aromatic ring is 1. The summed E-state index contributed by atoms with van der Waals surface area (Å²) in [5.74, 6) is 0.599. The molecule has 1 saturated heterocycles. The molecule has 2 atom stereocenters. The highest BCUT2D eigenvalue weighted by Gasteiger charge is 2.52. The van der Waals surface area contributed by atoms with Crippen LogP contribution < -0.4 is 16.4 Å². The van der Waals surface area contributed by atoms with Gasteiger partial charge in [-0.2, -0.15) is 13.2 Å². The smallest absolute Gasteiger partial charge is 0.381 e. The molecule has 2 aliphatic rings. The first-order valence-corrected chi connectivity index (χ1v) is 10.8. The van der Waals surface area contributed by atoms with Gasteiger partial charge in [-0.25, -0.2) is 14.4 Å². The molecule has 11 heteroatoms. The van der Waals surface area contributed by atoms with Gasteiger partial charge in [0.25, 0.3) is 0 Å². The highest BCUT2D eigenvalue weighted by molar-refractivity contribution is 7.99. The van der Waals surface area contributed by atoms with Gasteiger partial charge < -0.3 is 16.4 Å². The summed E-state index contributed by atoms with van der Waals surface area (Å²) >= 11 is 0.781. The monoisotopic (exact) mass is 456 g/mol. The molecule has 2 unspecified atom stereocenters. The molecule has 4 N–H and O–H groups in total. The maximum Gasteiger partial charge on any atom is 0.434 e. The van der Waals surface area contributed by atoms with Crippen LogP contribution >= 0.6 is 11.8 Å². The molecule has 0 bridgehead atoms. The number of aromatic nitrogens is 3. The van der Waals surface area contributed by atoms with Crippen molar-refractivity contribution in [2.45, 2.75) is 60.4 Å². The summed E-state index contributed by atoms with van der Waals surface area (Å²) in [6.45, 7) is 2.90. The van der Waals surface area contributed by atoms with Crippen LogP contribution in [0.4, 0.5) is 29.2 Å². The Morgan fingerprint density at radius 2 is 1.94 bits per heavy atom. The molecule has 1 aliphatic heterocycles. The minimum atomic E-state index is -4.58. The highest BCUT2D eigenvalue weighted by atomic mass is 32.2. The van der Waals surface area contributed by atoms with Gasteiger partial charge in [-0.05, 0) is 50.2 Å². The van der Waals surface area contributed by atoms with Crippen molar-refractivity contribution in [1.82, 2.24) is 15.0 Å². The number of hydrogen-bond donors (Lipinski definition) is 2. The first-order chi connectivity index (χ1) is 14.5. The average molecular weight is 457 g/mol. The average Bonchev–Trinajstić information content (AvgIpc) is 2.91. The van der Waals surface area contributed by atoms with Gasteiger partial charge in [-0.1, -0.05) is 11.8 Å². The molecule has 1 aliphatic carbocycles. The SMILES string of the molecule is CC1(F)CC(N)C2(CCN(c3cnc(Sc4cccnc4C(F)(F)F)c(N)n3)CC2)C1. The largest absolute Gasteiger partial charge is 0.434 e. The molecule has 168 valence electrons. The summed E-state index contributed by atoms with van der Waals surface area (Å²) in [4.78, 5) is 14.0. The Hall–Kier alpha value is -2.14. The Morgan fingerprint density at radius 3 is 2.52 bits per heavy atom. The van der Waals surface area contributed by atoms with Crippen molar-refractivity contribution < 1.29 is 17.6 Å². The van der Waals surface area contributed by atoms with Gasteiger partial charge in [-0.15, -0.1) is 0 Å². The standard InChI is InChI=1S/C20H24F4N6S/c1-18(21)9-13(25)19(11-18)4-7-30(8-5-19)14-10-28-17(16(26)29-14)31-12-3-2-6-27-15(12)20(22,23)24/h2-3,6,10,13H,4-5,7-9,11,25H2,1H3,(H2,26,29). The van der Waals surface area contributed by atoms with Crippen LogP contribution in [0.15, 0.2) is 34.4 Å². The fourth-order valence-electron chi connectivity index (χ4n) is 4.74. The Balaban J connectivity index is 1.47. The maximum atomic E-state index is 14.5. The van der Waals surface area contributed by atoms with Gasteiger partial charge >= 0.3 is 6.18 Å². The minimum absolute atomic E-state index is 0.0497. The van der Waals surface area contributed by atoms with Crippen LogP contribution in [-0.4, -0.2) is 39.8 Å². The van der Waals surface area contributed by atoms with Crippen LogP contribution in [-0.2, 0) is 6.18 Å². The van der Waals surface area contributed by atoms with Crippen molar-refractivity contribution in [3.8, 4) is 0 Å². The maximum absolute atomic E-state index is 14.5. The van der Waals surface area contributed by atoms with E-state index in [0.717, 1.165) is 30.8 Å². The van der Waals surface area contributed by atoms with E-state index in [4.69, 9.17) is 11.5 Å². The Kier molecular flexibility index (Phi) is 5.53. The summed E-state index contributed by atoms with van der Waals surface area (Å²) in [5.41, 5.74) is 9.86. The predicted molar refractivity (Wildman–Crippen MR) is 110 cm³/mol. The fourth-order valence-corrected chi connectivity index (χ4v) is 5.62. The lowest BCUT2D eigenvalue weighted by Crippen LogP contribution is -2.47. The molecule has 2 fully saturated rings. The van der Waals surface area contributed by atoms with E-state index in [0.29, 0.717) is 31.7 Å². The van der Waals surface area contributed by atoms with Crippen molar-refractivity contribution in [2.24, 2.45) is 11.1 Å². The van der Waals surface area contributed by atoms with E-state index in [1.165, 1.54) is 18.3 Å². The number of alkyl halides is 4. The second-order valence-electron chi connectivity index (χ2n) is 8.62. The number of hydrogen-bond acceptors (Lipinski definition) is 7. The molecule has 0 aromatic carbocycles. The van der Waals surface area contributed by atoms with Crippen molar-refractivity contribution in [1.29, 1.82) is 0 Å². The second kappa shape index (κ2) is 7.77. The molecule has 2 aromatic rings. The van der Waals surface area contributed by atoms with E-state index in [9.17, 15) is 17.6 Å². The van der Waals surface area contributed by atoms with Crippen molar-refractivity contribution >= 4 is 23.4 Å². The van der Waals surface area contributed by atoms with Gasteiger partial charge in [0.15, 0.2) is 11.5 Å². The molecule has 6 nitrogen and oxygen atoms in total. The van der Waals surface area contributed by atoms with E-state index in [1.54, 1.807) is 6.92 Å². The number of anilines is 2. The van der Waals surface area contributed by atoms with E-state index >= 15 is 0 Å². The summed E-state index contributed by atoms with van der Waals surface area (Å²) in [6, 6.07) is 2.58. The number of nitrogens with zero attached hydrogens (tertiary/aromatic N) is 4. The molecular weight excluding hydrogens is 432 g/mol. The predicted octanol–water partition coefficient (Wildman–Crippen LogP) is 4.06. The van der Waals surface area contributed by atoms with Crippen molar-refractivity contribution in [3.63, 3.8) is 0 Å². The molecule has 2 aromatic heterocycles. The van der Waals surface area contributed by atoms with Gasteiger partial charge in [0.05, 0.1) is 6.20 Å². The van der Waals surface area contributed by atoms with Gasteiger partial charge in [0.1, 0.15) is 16.5 Å². The van der Waals surface area contributed by atoms with E-state index in [-0.39, 0.29) is 27.2 Å². The number of nitrogens with two attached hydrogens (primary N) is 2. The zero-order valence-electron chi connectivity index (χ0n) is 17.0. The van der Waals surface area contributed by atoms with Gasteiger partial charge in [0.2, 0.25) is 0 Å². The van der Waals surface area contributed by atoms with Gasteiger partial charge in [-0.3, -0.25) is 4.98 Å². The van der Waals surface area contributed by atoms with E-state index in [2.05, 4.69) is 15.0 Å². The number of rotatable bonds is 3. The lowest BCUT2D eigenvalue weighted by atomic mass is 9.74. The quantitative estimate of drug-likeness (QED) is 0.673. The lowest BCUT2D eigenvalue weighted by Gasteiger charge is -2.42.